The third-order valence-corrected chi connectivity index (χ3v) is 5.88. The first-order valence-electron chi connectivity index (χ1n) is 9.36. The van der Waals surface area contributed by atoms with Gasteiger partial charge >= 0.3 is 5.97 Å². The van der Waals surface area contributed by atoms with Crippen LogP contribution in [0.1, 0.15) is 33.3 Å². The Labute approximate surface area is 175 Å². The van der Waals surface area contributed by atoms with Gasteiger partial charge in [0.15, 0.2) is 5.11 Å². The monoisotopic (exact) mass is 415 g/mol. The molecule has 2 aromatic rings. The molecule has 28 heavy (non-hydrogen) atoms. The molecule has 0 spiro atoms. The number of benzene rings is 1. The summed E-state index contributed by atoms with van der Waals surface area (Å²) in [5, 5.41) is 7.46. The van der Waals surface area contributed by atoms with Gasteiger partial charge in [-0.2, -0.15) is 0 Å². The number of hydrogen-bond donors (Lipinski definition) is 2. The molecule has 0 aliphatic carbocycles. The van der Waals surface area contributed by atoms with E-state index in [0.717, 1.165) is 36.6 Å². The first-order valence-corrected chi connectivity index (χ1v) is 10.6. The summed E-state index contributed by atoms with van der Waals surface area (Å²) in [6.45, 7) is 9.03. The highest BCUT2D eigenvalue weighted by atomic mass is 32.1. The maximum Gasteiger partial charge on any atom is 0.341 e. The van der Waals surface area contributed by atoms with Crippen molar-refractivity contribution in [3.8, 4) is 0 Å². The van der Waals surface area contributed by atoms with Gasteiger partial charge in [0.2, 0.25) is 0 Å². The van der Waals surface area contributed by atoms with E-state index in [4.69, 9.17) is 17.0 Å². The Bertz CT molecular complexity index is 849. The quantitative estimate of drug-likeness (QED) is 0.406. The van der Waals surface area contributed by atoms with E-state index in [1.54, 1.807) is 17.4 Å². The zero-order valence-corrected chi connectivity index (χ0v) is 17.6. The van der Waals surface area contributed by atoms with E-state index < -0.39 is 0 Å². The van der Waals surface area contributed by atoms with Crippen LogP contribution in [0.25, 0.3) is 0 Å². The average Bonchev–Trinajstić information content (AvgIpc) is 3.04. The van der Waals surface area contributed by atoms with Gasteiger partial charge in [-0.25, -0.2) is 4.79 Å². The number of thiocarbonyl (C=S) groups is 1. The first kappa shape index (κ1) is 20.5. The van der Waals surface area contributed by atoms with Crippen molar-refractivity contribution >= 4 is 39.6 Å². The molecule has 1 aromatic heterocycles. The van der Waals surface area contributed by atoms with E-state index in [1.165, 1.54) is 10.4 Å². The summed E-state index contributed by atoms with van der Waals surface area (Å²) in [4.78, 5) is 16.2. The van der Waals surface area contributed by atoms with Gasteiger partial charge in [0.1, 0.15) is 5.00 Å². The molecule has 1 aliphatic heterocycles. The number of thiophene rings is 1. The average molecular weight is 416 g/mol. The first-order chi connectivity index (χ1) is 13.6. The Morgan fingerprint density at radius 1 is 1.39 bits per heavy atom. The van der Waals surface area contributed by atoms with Crippen molar-refractivity contribution in [2.75, 3.05) is 25.0 Å². The Morgan fingerprint density at radius 3 is 2.89 bits per heavy atom. The number of nitrogens with zero attached hydrogens (tertiary/aromatic N) is 1. The molecule has 0 unspecified atom stereocenters. The molecule has 7 heteroatoms. The Balaban J connectivity index is 1.81. The summed E-state index contributed by atoms with van der Waals surface area (Å²) >= 11 is 6.92. The molecule has 5 nitrogen and oxygen atoms in total. The van der Waals surface area contributed by atoms with Gasteiger partial charge in [0.25, 0.3) is 0 Å². The largest absolute Gasteiger partial charge is 0.462 e. The van der Waals surface area contributed by atoms with E-state index in [-0.39, 0.29) is 5.97 Å². The minimum absolute atomic E-state index is 0.287. The minimum Gasteiger partial charge on any atom is -0.462 e. The predicted molar refractivity (Wildman–Crippen MR) is 119 cm³/mol. The van der Waals surface area contributed by atoms with Crippen molar-refractivity contribution in [3.05, 3.63) is 64.6 Å². The maximum atomic E-state index is 12.6. The topological polar surface area (TPSA) is 53.6 Å². The lowest BCUT2D eigenvalue weighted by molar-refractivity contribution is 0.0526. The summed E-state index contributed by atoms with van der Waals surface area (Å²) in [6, 6.07) is 10.4. The number of hydrogen-bond acceptors (Lipinski definition) is 5. The molecule has 0 saturated heterocycles. The zero-order valence-electron chi connectivity index (χ0n) is 16.0. The molecule has 0 saturated carbocycles. The number of carbonyl (C=O) groups excluding carboxylic acids is 1. The molecule has 1 aliphatic rings. The molecule has 1 aromatic carbocycles. The number of ether oxygens (including phenoxy) is 1. The molecule has 148 valence electrons. The zero-order chi connectivity index (χ0) is 19.9. The summed E-state index contributed by atoms with van der Waals surface area (Å²) in [7, 11) is 0. The van der Waals surface area contributed by atoms with Crippen molar-refractivity contribution in [1.29, 1.82) is 0 Å². The second-order valence-electron chi connectivity index (χ2n) is 6.50. The van der Waals surface area contributed by atoms with Crippen molar-refractivity contribution in [2.45, 2.75) is 26.4 Å². The van der Waals surface area contributed by atoms with Crippen LogP contribution in [0.5, 0.6) is 0 Å². The smallest absolute Gasteiger partial charge is 0.341 e. The van der Waals surface area contributed by atoms with E-state index in [9.17, 15) is 4.79 Å². The van der Waals surface area contributed by atoms with Gasteiger partial charge in [-0.1, -0.05) is 36.4 Å². The standard InChI is InChI=1S/C21H25N3O2S2/c1-3-11-22-21(27)23-19-18(20(25)26-4-2)16-10-12-24(14-17(16)28-19)13-15-8-6-5-7-9-15/h3,5-9H,1,4,10-14H2,2H3,(H2,22,23,27). The fraction of sp³-hybridized carbons (Fsp3) is 0.333. The molecule has 2 N–H and O–H groups in total. The van der Waals surface area contributed by atoms with Crippen LogP contribution in [0.2, 0.25) is 0 Å². The number of esters is 1. The Hall–Kier alpha value is -2.22. The molecule has 0 fully saturated rings. The third kappa shape index (κ3) is 4.98. The van der Waals surface area contributed by atoms with Gasteiger partial charge in [-0.3, -0.25) is 4.90 Å². The molecular weight excluding hydrogens is 390 g/mol. The summed E-state index contributed by atoms with van der Waals surface area (Å²) in [5.41, 5.74) is 3.01. The van der Waals surface area contributed by atoms with Crippen LogP contribution in [0, 0.1) is 0 Å². The van der Waals surface area contributed by atoms with Crippen LogP contribution in [-0.2, 0) is 24.2 Å². The van der Waals surface area contributed by atoms with Crippen molar-refractivity contribution < 1.29 is 9.53 Å². The highest BCUT2D eigenvalue weighted by Crippen LogP contribution is 2.38. The van der Waals surface area contributed by atoms with E-state index in [1.807, 2.05) is 13.0 Å². The van der Waals surface area contributed by atoms with Crippen LogP contribution < -0.4 is 10.6 Å². The fourth-order valence-corrected chi connectivity index (χ4v) is 4.78. The summed E-state index contributed by atoms with van der Waals surface area (Å²) < 4.78 is 5.31. The molecular formula is C21H25N3O2S2. The van der Waals surface area contributed by atoms with Gasteiger partial charge in [0.05, 0.1) is 12.2 Å². The van der Waals surface area contributed by atoms with E-state index >= 15 is 0 Å². The lowest BCUT2D eigenvalue weighted by atomic mass is 10.0. The lowest BCUT2D eigenvalue weighted by Crippen LogP contribution is -2.30. The molecule has 0 amide bonds. The van der Waals surface area contributed by atoms with Crippen LogP contribution in [0.3, 0.4) is 0 Å². The number of carbonyl (C=O) groups is 1. The van der Waals surface area contributed by atoms with E-state index in [2.05, 4.69) is 46.4 Å². The highest BCUT2D eigenvalue weighted by Gasteiger charge is 2.29. The van der Waals surface area contributed by atoms with E-state index in [0.29, 0.717) is 23.8 Å². The van der Waals surface area contributed by atoms with Gasteiger partial charge in [0, 0.05) is 31.1 Å². The third-order valence-electron chi connectivity index (χ3n) is 4.50. The SMILES string of the molecule is C=CCNC(=S)Nc1sc2c(c1C(=O)OCC)CCN(Cc1ccccc1)C2. The summed E-state index contributed by atoms with van der Waals surface area (Å²) in [5.74, 6) is -0.287. The number of fused-ring (bicyclic) bond motifs is 1. The van der Waals surface area contributed by atoms with Crippen LogP contribution >= 0.6 is 23.6 Å². The lowest BCUT2D eigenvalue weighted by Gasteiger charge is -2.27. The molecule has 3 rings (SSSR count). The second-order valence-corrected chi connectivity index (χ2v) is 8.01. The van der Waals surface area contributed by atoms with Crippen LogP contribution in [-0.4, -0.2) is 35.7 Å². The van der Waals surface area contributed by atoms with Crippen molar-refractivity contribution in [1.82, 2.24) is 10.2 Å². The molecule has 0 bridgehead atoms. The Morgan fingerprint density at radius 2 is 2.18 bits per heavy atom. The van der Waals surface area contributed by atoms with Crippen molar-refractivity contribution in [2.24, 2.45) is 0 Å². The highest BCUT2D eigenvalue weighted by molar-refractivity contribution is 7.80. The predicted octanol–water partition coefficient (Wildman–Crippen LogP) is 3.96. The van der Waals surface area contributed by atoms with Crippen LogP contribution in [0.15, 0.2) is 43.0 Å². The molecule has 0 atom stereocenters. The minimum atomic E-state index is -0.287. The van der Waals surface area contributed by atoms with Gasteiger partial charge in [-0.05, 0) is 36.7 Å². The van der Waals surface area contributed by atoms with Gasteiger partial charge < -0.3 is 15.4 Å². The molecule has 0 radical (unpaired) electrons. The van der Waals surface area contributed by atoms with Gasteiger partial charge in [-0.15, -0.1) is 17.9 Å². The van der Waals surface area contributed by atoms with Crippen molar-refractivity contribution in [3.63, 3.8) is 0 Å². The van der Waals surface area contributed by atoms with Crippen LogP contribution in [0.4, 0.5) is 5.00 Å². The summed E-state index contributed by atoms with van der Waals surface area (Å²) in [6.07, 6.45) is 2.56. The molecule has 2 heterocycles. The maximum absolute atomic E-state index is 12.6. The Kier molecular flexibility index (Phi) is 7.19. The normalized spacial score (nSPS) is 13.5. The second kappa shape index (κ2) is 9.82. The fourth-order valence-electron chi connectivity index (χ4n) is 3.25. The number of nitrogens with one attached hydrogen (secondary N) is 2. The number of anilines is 1. The number of rotatable bonds is 7.